The second kappa shape index (κ2) is 6.93. The van der Waals surface area contributed by atoms with Crippen molar-refractivity contribution in [2.75, 3.05) is 11.1 Å². The van der Waals surface area contributed by atoms with Gasteiger partial charge in [-0.05, 0) is 41.7 Å². The Balaban J connectivity index is 1.93. The lowest BCUT2D eigenvalue weighted by atomic mass is 10.0. The van der Waals surface area contributed by atoms with Gasteiger partial charge in [0.2, 0.25) is 5.91 Å². The van der Waals surface area contributed by atoms with E-state index in [0.29, 0.717) is 18.8 Å². The van der Waals surface area contributed by atoms with Crippen LogP contribution in [0.3, 0.4) is 0 Å². The third kappa shape index (κ3) is 4.35. The molecule has 0 bridgehead atoms. The molecule has 0 aliphatic heterocycles. The van der Waals surface area contributed by atoms with Crippen LogP contribution in [-0.4, -0.2) is 5.91 Å². The van der Waals surface area contributed by atoms with Crippen molar-refractivity contribution in [3.05, 3.63) is 59.7 Å². The summed E-state index contributed by atoms with van der Waals surface area (Å²) in [6.45, 7) is 4.28. The molecule has 1 amide bonds. The average Bonchev–Trinajstić information content (AvgIpc) is 2.46. The molecule has 3 N–H and O–H groups in total. The molecule has 0 spiro atoms. The van der Waals surface area contributed by atoms with Crippen molar-refractivity contribution in [2.24, 2.45) is 0 Å². The molecule has 0 saturated carbocycles. The number of carbonyl (C=O) groups is 1. The van der Waals surface area contributed by atoms with Gasteiger partial charge in [0.05, 0.1) is 0 Å². The van der Waals surface area contributed by atoms with Crippen LogP contribution in [0, 0.1) is 0 Å². The lowest BCUT2D eigenvalue weighted by Gasteiger charge is -2.10. The molecule has 0 unspecified atom stereocenters. The van der Waals surface area contributed by atoms with Gasteiger partial charge >= 0.3 is 0 Å². The maximum absolute atomic E-state index is 12.0. The standard InChI is InChI=1S/C18H22N2O/c1-13(2)15-7-5-8-16(12-15)20-18(21)11-10-14-6-3-4-9-17(14)19/h3-9,12-13H,10-11,19H2,1-2H3,(H,20,21). The molecule has 0 radical (unpaired) electrons. The topological polar surface area (TPSA) is 55.1 Å². The minimum atomic E-state index is 0.0131. The van der Waals surface area contributed by atoms with Crippen LogP contribution in [0.5, 0.6) is 0 Å². The number of nitrogens with two attached hydrogens (primary N) is 1. The van der Waals surface area contributed by atoms with E-state index in [1.165, 1.54) is 5.56 Å². The predicted molar refractivity (Wildman–Crippen MR) is 88.3 cm³/mol. The number of rotatable bonds is 5. The van der Waals surface area contributed by atoms with Crippen LogP contribution in [0.2, 0.25) is 0 Å². The van der Waals surface area contributed by atoms with Crippen molar-refractivity contribution in [2.45, 2.75) is 32.6 Å². The van der Waals surface area contributed by atoms with E-state index in [-0.39, 0.29) is 5.91 Å². The van der Waals surface area contributed by atoms with Gasteiger partial charge in [-0.15, -0.1) is 0 Å². The lowest BCUT2D eigenvalue weighted by Crippen LogP contribution is -2.13. The summed E-state index contributed by atoms with van der Waals surface area (Å²) in [5, 5.41) is 2.95. The molecular weight excluding hydrogens is 260 g/mol. The number of aryl methyl sites for hydroxylation is 1. The Morgan fingerprint density at radius 2 is 1.90 bits per heavy atom. The molecule has 3 nitrogen and oxygen atoms in total. The van der Waals surface area contributed by atoms with Crippen molar-refractivity contribution >= 4 is 17.3 Å². The number of amides is 1. The molecule has 2 aromatic rings. The summed E-state index contributed by atoms with van der Waals surface area (Å²) in [4.78, 5) is 12.0. The van der Waals surface area contributed by atoms with E-state index >= 15 is 0 Å². The zero-order chi connectivity index (χ0) is 15.2. The van der Waals surface area contributed by atoms with Crippen molar-refractivity contribution < 1.29 is 4.79 Å². The van der Waals surface area contributed by atoms with Crippen molar-refractivity contribution in [3.8, 4) is 0 Å². The van der Waals surface area contributed by atoms with Gasteiger partial charge in [-0.2, -0.15) is 0 Å². The molecule has 0 aromatic heterocycles. The van der Waals surface area contributed by atoms with Crippen LogP contribution in [0.4, 0.5) is 11.4 Å². The largest absolute Gasteiger partial charge is 0.399 e. The van der Waals surface area contributed by atoms with Crippen LogP contribution in [-0.2, 0) is 11.2 Å². The summed E-state index contributed by atoms with van der Waals surface area (Å²) >= 11 is 0. The number of nitrogen functional groups attached to an aromatic ring is 1. The minimum absolute atomic E-state index is 0.0131. The molecule has 21 heavy (non-hydrogen) atoms. The van der Waals surface area contributed by atoms with Gasteiger partial charge in [0, 0.05) is 17.8 Å². The Labute approximate surface area is 126 Å². The molecule has 0 aliphatic rings. The highest BCUT2D eigenvalue weighted by Gasteiger charge is 2.06. The first-order valence-corrected chi connectivity index (χ1v) is 7.29. The fourth-order valence-electron chi connectivity index (χ4n) is 2.21. The van der Waals surface area contributed by atoms with E-state index < -0.39 is 0 Å². The van der Waals surface area contributed by atoms with Gasteiger partial charge in [-0.25, -0.2) is 0 Å². The number of anilines is 2. The summed E-state index contributed by atoms with van der Waals surface area (Å²) < 4.78 is 0. The number of benzene rings is 2. The first-order valence-electron chi connectivity index (χ1n) is 7.29. The number of carbonyl (C=O) groups excluding carboxylic acids is 1. The second-order valence-electron chi connectivity index (χ2n) is 5.53. The van der Waals surface area contributed by atoms with E-state index in [9.17, 15) is 4.79 Å². The summed E-state index contributed by atoms with van der Waals surface area (Å²) in [7, 11) is 0. The number of para-hydroxylation sites is 1. The van der Waals surface area contributed by atoms with Crippen LogP contribution < -0.4 is 11.1 Å². The Bertz CT molecular complexity index is 620. The van der Waals surface area contributed by atoms with Gasteiger partial charge in [-0.1, -0.05) is 44.2 Å². The normalized spacial score (nSPS) is 10.6. The molecule has 0 atom stereocenters. The van der Waals surface area contributed by atoms with E-state index in [2.05, 4.69) is 25.2 Å². The second-order valence-corrected chi connectivity index (χ2v) is 5.53. The van der Waals surface area contributed by atoms with Crippen LogP contribution in [0.15, 0.2) is 48.5 Å². The van der Waals surface area contributed by atoms with Gasteiger partial charge < -0.3 is 11.1 Å². The zero-order valence-corrected chi connectivity index (χ0v) is 12.6. The highest BCUT2D eigenvalue weighted by molar-refractivity contribution is 5.91. The number of nitrogens with one attached hydrogen (secondary N) is 1. The highest BCUT2D eigenvalue weighted by Crippen LogP contribution is 2.19. The molecular formula is C18H22N2O. The van der Waals surface area contributed by atoms with Crippen molar-refractivity contribution in [3.63, 3.8) is 0 Å². The lowest BCUT2D eigenvalue weighted by molar-refractivity contribution is -0.116. The summed E-state index contributed by atoms with van der Waals surface area (Å²) in [6.07, 6.45) is 1.09. The van der Waals surface area contributed by atoms with Crippen LogP contribution in [0.1, 0.15) is 37.3 Å². The molecule has 0 heterocycles. The first kappa shape index (κ1) is 15.1. The monoisotopic (exact) mass is 282 g/mol. The number of hydrogen-bond acceptors (Lipinski definition) is 2. The van der Waals surface area contributed by atoms with Gasteiger partial charge in [0.25, 0.3) is 0 Å². The molecule has 0 saturated heterocycles. The fraction of sp³-hybridized carbons (Fsp3) is 0.278. The highest BCUT2D eigenvalue weighted by atomic mass is 16.1. The quantitative estimate of drug-likeness (QED) is 0.815. The number of hydrogen-bond donors (Lipinski definition) is 2. The molecule has 0 fully saturated rings. The Hall–Kier alpha value is -2.29. The molecule has 2 rings (SSSR count). The van der Waals surface area contributed by atoms with E-state index in [1.807, 2.05) is 42.5 Å². The summed E-state index contributed by atoms with van der Waals surface area (Å²) in [6, 6.07) is 15.7. The van der Waals surface area contributed by atoms with Crippen molar-refractivity contribution in [1.82, 2.24) is 0 Å². The predicted octanol–water partition coefficient (Wildman–Crippen LogP) is 3.96. The zero-order valence-electron chi connectivity index (χ0n) is 12.6. The molecule has 2 aromatic carbocycles. The SMILES string of the molecule is CC(C)c1cccc(NC(=O)CCc2ccccc2N)c1. The first-order chi connectivity index (χ1) is 10.1. The van der Waals surface area contributed by atoms with Gasteiger partial charge in [-0.3, -0.25) is 4.79 Å². The average molecular weight is 282 g/mol. The van der Waals surface area contributed by atoms with Gasteiger partial charge in [0.1, 0.15) is 0 Å². The summed E-state index contributed by atoms with van der Waals surface area (Å²) in [5.74, 6) is 0.463. The van der Waals surface area contributed by atoms with E-state index in [1.54, 1.807) is 0 Å². The Morgan fingerprint density at radius 1 is 1.14 bits per heavy atom. The molecule has 3 heteroatoms. The van der Waals surface area contributed by atoms with E-state index in [0.717, 1.165) is 16.9 Å². The van der Waals surface area contributed by atoms with Crippen LogP contribution in [0.25, 0.3) is 0 Å². The van der Waals surface area contributed by atoms with Crippen LogP contribution >= 0.6 is 0 Å². The van der Waals surface area contributed by atoms with Gasteiger partial charge in [0.15, 0.2) is 0 Å². The van der Waals surface area contributed by atoms with Crippen molar-refractivity contribution in [1.29, 1.82) is 0 Å². The third-order valence-electron chi connectivity index (χ3n) is 3.51. The smallest absolute Gasteiger partial charge is 0.224 e. The maximum atomic E-state index is 12.0. The molecule has 110 valence electrons. The Kier molecular flexibility index (Phi) is 4.99. The summed E-state index contributed by atoms with van der Waals surface area (Å²) in [5.41, 5.74) is 9.72. The minimum Gasteiger partial charge on any atom is -0.399 e. The fourth-order valence-corrected chi connectivity index (χ4v) is 2.21. The Morgan fingerprint density at radius 3 is 2.62 bits per heavy atom. The maximum Gasteiger partial charge on any atom is 0.224 e. The third-order valence-corrected chi connectivity index (χ3v) is 3.51. The molecule has 0 aliphatic carbocycles. The van der Waals surface area contributed by atoms with E-state index in [4.69, 9.17) is 5.73 Å².